The number of aliphatic carboxylic acids is 1. The lowest BCUT2D eigenvalue weighted by Gasteiger charge is -2.08. The Kier molecular flexibility index (Phi) is 2.06. The second-order valence-electron chi connectivity index (χ2n) is 3.24. The van der Waals surface area contributed by atoms with Crippen molar-refractivity contribution in [2.75, 3.05) is 0 Å². The van der Waals surface area contributed by atoms with Gasteiger partial charge >= 0.3 is 5.97 Å². The number of hydrogen-bond acceptors (Lipinski definition) is 3. The van der Waals surface area contributed by atoms with E-state index < -0.39 is 12.0 Å². The topological polar surface area (TPSA) is 62.5 Å². The van der Waals surface area contributed by atoms with Crippen LogP contribution in [0.5, 0.6) is 0 Å². The molecule has 4 heteroatoms. The lowest BCUT2D eigenvalue weighted by Crippen LogP contribution is -2.31. The van der Waals surface area contributed by atoms with Crippen molar-refractivity contribution in [1.29, 1.82) is 0 Å². The van der Waals surface area contributed by atoms with E-state index in [2.05, 4.69) is 5.32 Å². The first-order chi connectivity index (χ1) is 6.27. The van der Waals surface area contributed by atoms with Crippen molar-refractivity contribution < 1.29 is 14.3 Å². The smallest absolute Gasteiger partial charge is 0.320 e. The molecule has 0 spiro atoms. The van der Waals surface area contributed by atoms with E-state index in [0.717, 1.165) is 12.0 Å². The largest absolute Gasteiger partial charge is 0.480 e. The highest BCUT2D eigenvalue weighted by molar-refractivity contribution is 5.73. The first-order valence-electron chi connectivity index (χ1n) is 4.28. The normalized spacial score (nSPS) is 27.7. The lowest BCUT2D eigenvalue weighted by atomic mass is 10.1. The Bertz CT molecular complexity index is 294. The predicted molar refractivity (Wildman–Crippen MR) is 45.2 cm³/mol. The Morgan fingerprint density at radius 3 is 3.00 bits per heavy atom. The third-order valence-corrected chi connectivity index (χ3v) is 2.39. The molecular weight excluding hydrogens is 170 g/mol. The minimum atomic E-state index is -0.772. The van der Waals surface area contributed by atoms with Crippen LogP contribution >= 0.6 is 0 Å². The zero-order valence-corrected chi connectivity index (χ0v) is 7.06. The molecule has 1 saturated heterocycles. The van der Waals surface area contributed by atoms with Crippen LogP contribution in [-0.4, -0.2) is 17.1 Å². The molecule has 13 heavy (non-hydrogen) atoms. The summed E-state index contributed by atoms with van der Waals surface area (Å²) in [6.45, 7) is 0. The van der Waals surface area contributed by atoms with Gasteiger partial charge in [-0.3, -0.25) is 10.1 Å². The molecule has 1 aliphatic heterocycles. The van der Waals surface area contributed by atoms with Gasteiger partial charge < -0.3 is 9.52 Å². The maximum Gasteiger partial charge on any atom is 0.320 e. The Balaban J connectivity index is 2.03. The fraction of sp³-hybridized carbons (Fsp3) is 0.444. The summed E-state index contributed by atoms with van der Waals surface area (Å²) in [4.78, 5) is 10.6. The quantitative estimate of drug-likeness (QED) is 0.718. The molecule has 4 nitrogen and oxygen atoms in total. The molecule has 0 saturated carbocycles. The van der Waals surface area contributed by atoms with Gasteiger partial charge in [0, 0.05) is 11.6 Å². The number of furan rings is 1. The summed E-state index contributed by atoms with van der Waals surface area (Å²) in [6.07, 6.45) is 4.80. The van der Waals surface area contributed by atoms with Gasteiger partial charge in [-0.2, -0.15) is 0 Å². The van der Waals surface area contributed by atoms with Crippen molar-refractivity contribution in [1.82, 2.24) is 5.32 Å². The van der Waals surface area contributed by atoms with Crippen LogP contribution in [0.15, 0.2) is 23.0 Å². The molecule has 0 bridgehead atoms. The Labute approximate surface area is 75.6 Å². The van der Waals surface area contributed by atoms with Crippen molar-refractivity contribution in [3.05, 3.63) is 24.2 Å². The summed E-state index contributed by atoms with van der Waals surface area (Å²) in [5.41, 5.74) is 1.03. The van der Waals surface area contributed by atoms with Gasteiger partial charge in [0.1, 0.15) is 6.04 Å². The summed E-state index contributed by atoms with van der Waals surface area (Å²) in [6, 6.07) is 1.60. The molecule has 2 atom stereocenters. The SMILES string of the molecule is O=C(O)[C@H]1CC[C@@H](c2ccoc2)N1. The molecule has 0 radical (unpaired) electrons. The fourth-order valence-corrected chi connectivity index (χ4v) is 1.67. The molecule has 2 N–H and O–H groups in total. The molecule has 0 unspecified atom stereocenters. The summed E-state index contributed by atoms with van der Waals surface area (Å²) in [5.74, 6) is -0.772. The molecular formula is C9H11NO3. The average Bonchev–Trinajstić information content (AvgIpc) is 2.75. The standard InChI is InChI=1S/C9H11NO3/c11-9(12)8-2-1-7(10-8)6-3-4-13-5-6/h3-5,7-8,10H,1-2H2,(H,11,12)/t7-,8+/m0/s1. The van der Waals surface area contributed by atoms with E-state index in [4.69, 9.17) is 9.52 Å². The third kappa shape index (κ3) is 1.58. The third-order valence-electron chi connectivity index (χ3n) is 2.39. The van der Waals surface area contributed by atoms with Crippen LogP contribution in [-0.2, 0) is 4.79 Å². The molecule has 0 aromatic carbocycles. The van der Waals surface area contributed by atoms with Gasteiger partial charge in [0.05, 0.1) is 12.5 Å². The number of nitrogens with one attached hydrogen (secondary N) is 1. The van der Waals surface area contributed by atoms with Crippen molar-refractivity contribution in [3.8, 4) is 0 Å². The maximum atomic E-state index is 10.6. The van der Waals surface area contributed by atoms with Crippen molar-refractivity contribution in [3.63, 3.8) is 0 Å². The van der Waals surface area contributed by atoms with E-state index in [9.17, 15) is 4.79 Å². The monoisotopic (exact) mass is 181 g/mol. The number of rotatable bonds is 2. The minimum Gasteiger partial charge on any atom is -0.480 e. The minimum absolute atomic E-state index is 0.139. The molecule has 1 aromatic rings. The van der Waals surface area contributed by atoms with Crippen LogP contribution in [0.4, 0.5) is 0 Å². The van der Waals surface area contributed by atoms with Crippen molar-refractivity contribution >= 4 is 5.97 Å². The van der Waals surface area contributed by atoms with E-state index >= 15 is 0 Å². The first-order valence-corrected chi connectivity index (χ1v) is 4.28. The van der Waals surface area contributed by atoms with Gasteiger partial charge in [0.25, 0.3) is 0 Å². The van der Waals surface area contributed by atoms with Gasteiger partial charge in [0.2, 0.25) is 0 Å². The van der Waals surface area contributed by atoms with E-state index in [0.29, 0.717) is 6.42 Å². The highest BCUT2D eigenvalue weighted by Gasteiger charge is 2.29. The maximum absolute atomic E-state index is 10.6. The lowest BCUT2D eigenvalue weighted by molar-refractivity contribution is -0.139. The van der Waals surface area contributed by atoms with Crippen LogP contribution in [0, 0.1) is 0 Å². The van der Waals surface area contributed by atoms with E-state index in [-0.39, 0.29) is 6.04 Å². The number of carboxylic acids is 1. The molecule has 2 rings (SSSR count). The van der Waals surface area contributed by atoms with Gasteiger partial charge in [0.15, 0.2) is 0 Å². The number of carbonyl (C=O) groups is 1. The van der Waals surface area contributed by atoms with Gasteiger partial charge in [-0.05, 0) is 18.9 Å². The summed E-state index contributed by atoms with van der Waals surface area (Å²) in [7, 11) is 0. The van der Waals surface area contributed by atoms with Crippen LogP contribution in [0.2, 0.25) is 0 Å². The van der Waals surface area contributed by atoms with Gasteiger partial charge in [-0.1, -0.05) is 0 Å². The Morgan fingerprint density at radius 2 is 2.46 bits per heavy atom. The highest BCUT2D eigenvalue weighted by Crippen LogP contribution is 2.26. The number of hydrogen-bond donors (Lipinski definition) is 2. The van der Waals surface area contributed by atoms with Gasteiger partial charge in [-0.15, -0.1) is 0 Å². The second kappa shape index (κ2) is 3.22. The Morgan fingerprint density at radius 1 is 1.62 bits per heavy atom. The highest BCUT2D eigenvalue weighted by atomic mass is 16.4. The zero-order chi connectivity index (χ0) is 9.26. The predicted octanol–water partition coefficient (Wildman–Crippen LogP) is 1.16. The van der Waals surface area contributed by atoms with E-state index in [1.165, 1.54) is 0 Å². The van der Waals surface area contributed by atoms with Crippen molar-refractivity contribution in [2.24, 2.45) is 0 Å². The molecule has 2 heterocycles. The first kappa shape index (κ1) is 8.31. The van der Waals surface area contributed by atoms with E-state index in [1.807, 2.05) is 6.07 Å². The van der Waals surface area contributed by atoms with E-state index in [1.54, 1.807) is 12.5 Å². The van der Waals surface area contributed by atoms with Crippen LogP contribution in [0.25, 0.3) is 0 Å². The summed E-state index contributed by atoms with van der Waals surface area (Å²) >= 11 is 0. The average molecular weight is 181 g/mol. The number of carboxylic acid groups (broad SMARTS) is 1. The molecule has 1 aliphatic rings. The zero-order valence-electron chi connectivity index (χ0n) is 7.06. The summed E-state index contributed by atoms with van der Waals surface area (Å²) in [5, 5.41) is 11.8. The molecule has 70 valence electrons. The van der Waals surface area contributed by atoms with Crippen LogP contribution < -0.4 is 5.32 Å². The second-order valence-corrected chi connectivity index (χ2v) is 3.24. The van der Waals surface area contributed by atoms with Crippen LogP contribution in [0.3, 0.4) is 0 Å². The molecule has 0 amide bonds. The summed E-state index contributed by atoms with van der Waals surface area (Å²) < 4.78 is 4.94. The fourth-order valence-electron chi connectivity index (χ4n) is 1.67. The van der Waals surface area contributed by atoms with Crippen LogP contribution in [0.1, 0.15) is 24.4 Å². The van der Waals surface area contributed by atoms with Crippen molar-refractivity contribution in [2.45, 2.75) is 24.9 Å². The van der Waals surface area contributed by atoms with Gasteiger partial charge in [-0.25, -0.2) is 0 Å². The Hall–Kier alpha value is -1.29. The molecule has 1 fully saturated rings. The molecule has 1 aromatic heterocycles. The molecule has 0 aliphatic carbocycles.